The van der Waals surface area contributed by atoms with Crippen molar-refractivity contribution in [3.63, 3.8) is 0 Å². The summed E-state index contributed by atoms with van der Waals surface area (Å²) in [5.41, 5.74) is 1.81. The summed E-state index contributed by atoms with van der Waals surface area (Å²) in [6.45, 7) is 1.84. The molecule has 7 nitrogen and oxygen atoms in total. The molecule has 2 aromatic rings. The number of nitriles is 1. The normalized spacial score (nSPS) is 9.76. The Morgan fingerprint density at radius 2 is 2.10 bits per heavy atom. The Morgan fingerprint density at radius 1 is 1.33 bits per heavy atom. The molecule has 0 atom stereocenters. The fourth-order valence-corrected chi connectivity index (χ4v) is 1.78. The molecule has 0 amide bonds. The van der Waals surface area contributed by atoms with Crippen LogP contribution in [0.2, 0.25) is 0 Å². The maximum atomic E-state index is 11.1. The van der Waals surface area contributed by atoms with E-state index >= 15 is 0 Å². The van der Waals surface area contributed by atoms with Crippen molar-refractivity contribution in [3.05, 3.63) is 51.6 Å². The number of nitrogens with one attached hydrogen (secondary N) is 2. The van der Waals surface area contributed by atoms with Crippen LogP contribution in [0.4, 0.5) is 23.0 Å². The van der Waals surface area contributed by atoms with E-state index in [1.54, 1.807) is 25.2 Å². The van der Waals surface area contributed by atoms with Gasteiger partial charge in [0.15, 0.2) is 0 Å². The van der Waals surface area contributed by atoms with Gasteiger partial charge < -0.3 is 10.6 Å². The van der Waals surface area contributed by atoms with Gasteiger partial charge in [0.05, 0.1) is 16.6 Å². The third-order valence-corrected chi connectivity index (χ3v) is 2.95. The minimum absolute atomic E-state index is 0.129. The van der Waals surface area contributed by atoms with Gasteiger partial charge in [-0.3, -0.25) is 10.1 Å². The summed E-state index contributed by atoms with van der Waals surface area (Å²) in [7, 11) is 1.68. The van der Waals surface area contributed by atoms with Gasteiger partial charge in [0.1, 0.15) is 5.82 Å². The highest BCUT2D eigenvalue weighted by molar-refractivity contribution is 5.70. The Kier molecular flexibility index (Phi) is 4.00. The average Bonchev–Trinajstić information content (AvgIpc) is 2.49. The quantitative estimate of drug-likeness (QED) is 0.660. The summed E-state index contributed by atoms with van der Waals surface area (Å²) in [5.74, 6) is 0.641. The maximum absolute atomic E-state index is 11.1. The molecule has 0 unspecified atom stereocenters. The molecule has 1 heterocycles. The first kappa shape index (κ1) is 14.3. The Labute approximate surface area is 121 Å². The second-order valence-corrected chi connectivity index (χ2v) is 4.34. The van der Waals surface area contributed by atoms with Gasteiger partial charge >= 0.3 is 5.69 Å². The Morgan fingerprint density at radius 3 is 2.71 bits per heavy atom. The number of pyridine rings is 1. The smallest absolute Gasteiger partial charge is 0.311 e. The number of hydrogen-bond donors (Lipinski definition) is 2. The molecule has 0 bridgehead atoms. The van der Waals surface area contributed by atoms with E-state index in [0.717, 1.165) is 5.56 Å². The number of nitro groups is 1. The van der Waals surface area contributed by atoms with E-state index in [2.05, 4.69) is 15.6 Å². The fraction of sp³-hybridized carbons (Fsp3) is 0.143. The molecule has 0 aliphatic rings. The topological polar surface area (TPSA) is 104 Å². The summed E-state index contributed by atoms with van der Waals surface area (Å²) >= 11 is 0. The monoisotopic (exact) mass is 283 g/mol. The van der Waals surface area contributed by atoms with Crippen LogP contribution in [-0.4, -0.2) is 17.0 Å². The highest BCUT2D eigenvalue weighted by Gasteiger charge is 2.16. The summed E-state index contributed by atoms with van der Waals surface area (Å²) in [4.78, 5) is 14.7. The zero-order valence-electron chi connectivity index (χ0n) is 11.5. The fourth-order valence-electron chi connectivity index (χ4n) is 1.78. The second-order valence-electron chi connectivity index (χ2n) is 4.34. The van der Waals surface area contributed by atoms with E-state index in [9.17, 15) is 10.1 Å². The Bertz CT molecular complexity index is 737. The van der Waals surface area contributed by atoms with E-state index in [4.69, 9.17) is 5.26 Å². The van der Waals surface area contributed by atoms with Crippen molar-refractivity contribution < 1.29 is 4.92 Å². The summed E-state index contributed by atoms with van der Waals surface area (Å²) in [6, 6.07) is 10.0. The molecule has 0 aliphatic carbocycles. The highest BCUT2D eigenvalue weighted by atomic mass is 16.6. The molecule has 1 aromatic carbocycles. The van der Waals surface area contributed by atoms with E-state index in [1.807, 2.05) is 13.0 Å². The molecule has 0 saturated carbocycles. The molecule has 106 valence electrons. The van der Waals surface area contributed by atoms with E-state index < -0.39 is 4.92 Å². The first-order chi connectivity index (χ1) is 10.0. The zero-order chi connectivity index (χ0) is 15.4. The van der Waals surface area contributed by atoms with Gasteiger partial charge in [-0.25, -0.2) is 4.98 Å². The molecule has 2 N–H and O–H groups in total. The van der Waals surface area contributed by atoms with Gasteiger partial charge in [-0.1, -0.05) is 6.07 Å². The molecule has 1 aromatic heterocycles. The van der Waals surface area contributed by atoms with Crippen LogP contribution >= 0.6 is 0 Å². The van der Waals surface area contributed by atoms with Crippen LogP contribution in [0.15, 0.2) is 30.3 Å². The number of aryl methyl sites for hydroxylation is 1. The van der Waals surface area contributed by atoms with Gasteiger partial charge in [-0.05, 0) is 30.7 Å². The van der Waals surface area contributed by atoms with Gasteiger partial charge in [0, 0.05) is 18.8 Å². The lowest BCUT2D eigenvalue weighted by Crippen LogP contribution is -2.03. The van der Waals surface area contributed by atoms with Crippen molar-refractivity contribution in [1.82, 2.24) is 4.98 Å². The van der Waals surface area contributed by atoms with E-state index in [1.165, 1.54) is 12.1 Å². The molecular weight excluding hydrogens is 270 g/mol. The predicted octanol–water partition coefficient (Wildman–Crippen LogP) is 2.96. The van der Waals surface area contributed by atoms with Crippen LogP contribution in [0, 0.1) is 28.4 Å². The van der Waals surface area contributed by atoms with Crippen LogP contribution in [0.1, 0.15) is 11.1 Å². The molecule has 21 heavy (non-hydrogen) atoms. The third-order valence-electron chi connectivity index (χ3n) is 2.95. The first-order valence-electron chi connectivity index (χ1n) is 6.16. The lowest BCUT2D eigenvalue weighted by Gasteiger charge is -2.10. The molecule has 0 radical (unpaired) electrons. The van der Waals surface area contributed by atoms with Crippen molar-refractivity contribution in [2.24, 2.45) is 0 Å². The van der Waals surface area contributed by atoms with Gasteiger partial charge in [0.25, 0.3) is 0 Å². The zero-order valence-corrected chi connectivity index (χ0v) is 11.5. The van der Waals surface area contributed by atoms with Crippen molar-refractivity contribution >= 4 is 23.0 Å². The minimum Gasteiger partial charge on any atom is -0.373 e. The number of hydrogen-bond acceptors (Lipinski definition) is 6. The molecular formula is C14H13N5O2. The molecule has 0 saturated heterocycles. The maximum Gasteiger partial charge on any atom is 0.311 e. The van der Waals surface area contributed by atoms with Crippen molar-refractivity contribution in [1.29, 1.82) is 5.26 Å². The number of rotatable bonds is 4. The van der Waals surface area contributed by atoms with Crippen molar-refractivity contribution in [2.45, 2.75) is 6.92 Å². The van der Waals surface area contributed by atoms with E-state index in [-0.39, 0.29) is 11.5 Å². The Balaban J connectivity index is 2.47. The summed E-state index contributed by atoms with van der Waals surface area (Å²) < 4.78 is 0. The lowest BCUT2D eigenvalue weighted by atomic mass is 10.1. The Hall–Kier alpha value is -3.14. The number of benzene rings is 1. The predicted molar refractivity (Wildman–Crippen MR) is 79.6 cm³/mol. The average molecular weight is 283 g/mol. The third kappa shape index (κ3) is 3.06. The standard InChI is InChI=1S/C14H13N5O2/c1-9-3-4-10(8-15)7-11(9)17-14-12(19(20)21)5-6-13(16-2)18-14/h3-7H,1-2H3,(H2,16,17,18). The van der Waals surface area contributed by atoms with Gasteiger partial charge in [-0.2, -0.15) is 5.26 Å². The SMILES string of the molecule is CNc1ccc([N+](=O)[O-])c(Nc2cc(C#N)ccc2C)n1. The highest BCUT2D eigenvalue weighted by Crippen LogP contribution is 2.28. The molecule has 0 fully saturated rings. The molecule has 0 spiro atoms. The van der Waals surface area contributed by atoms with Crippen LogP contribution in [0.5, 0.6) is 0 Å². The second kappa shape index (κ2) is 5.88. The van der Waals surface area contributed by atoms with Crippen LogP contribution in [0.25, 0.3) is 0 Å². The number of aromatic nitrogens is 1. The minimum atomic E-state index is -0.502. The lowest BCUT2D eigenvalue weighted by molar-refractivity contribution is -0.384. The summed E-state index contributed by atoms with van der Waals surface area (Å²) in [5, 5.41) is 25.8. The van der Waals surface area contributed by atoms with Crippen LogP contribution in [-0.2, 0) is 0 Å². The number of nitrogens with zero attached hydrogens (tertiary/aromatic N) is 3. The number of anilines is 3. The molecule has 0 aliphatic heterocycles. The van der Waals surface area contributed by atoms with Crippen molar-refractivity contribution in [3.8, 4) is 6.07 Å². The molecule has 2 rings (SSSR count). The van der Waals surface area contributed by atoms with Gasteiger partial charge in [-0.15, -0.1) is 0 Å². The van der Waals surface area contributed by atoms with Crippen molar-refractivity contribution in [2.75, 3.05) is 17.7 Å². The van der Waals surface area contributed by atoms with Gasteiger partial charge in [0.2, 0.25) is 5.82 Å². The molecule has 7 heteroatoms. The van der Waals surface area contributed by atoms with Crippen LogP contribution < -0.4 is 10.6 Å². The first-order valence-corrected chi connectivity index (χ1v) is 6.16. The van der Waals surface area contributed by atoms with E-state index in [0.29, 0.717) is 17.1 Å². The van der Waals surface area contributed by atoms with Crippen LogP contribution in [0.3, 0.4) is 0 Å². The summed E-state index contributed by atoms with van der Waals surface area (Å²) in [6.07, 6.45) is 0. The largest absolute Gasteiger partial charge is 0.373 e.